The minimum Gasteiger partial charge on any atom is -0.374 e. The molecule has 0 aromatic carbocycles. The van der Waals surface area contributed by atoms with Crippen LogP contribution in [0.15, 0.2) is 6.07 Å². The average molecular weight is 293 g/mol. The van der Waals surface area contributed by atoms with Gasteiger partial charge in [-0.05, 0) is 13.8 Å². The number of anilines is 2. The van der Waals surface area contributed by atoms with Crippen molar-refractivity contribution in [3.8, 4) is 0 Å². The molecule has 7 heteroatoms. The molecule has 0 spiro atoms. The largest absolute Gasteiger partial charge is 0.374 e. The molecule has 0 aliphatic carbocycles. The lowest BCUT2D eigenvalue weighted by Crippen LogP contribution is -2.48. The van der Waals surface area contributed by atoms with Crippen LogP contribution in [0.5, 0.6) is 0 Å². The van der Waals surface area contributed by atoms with Crippen LogP contribution in [0.3, 0.4) is 0 Å². The quantitative estimate of drug-likeness (QED) is 0.833. The van der Waals surface area contributed by atoms with Gasteiger partial charge in [-0.15, -0.1) is 0 Å². The van der Waals surface area contributed by atoms with Crippen molar-refractivity contribution in [3.05, 3.63) is 11.9 Å². The van der Waals surface area contributed by atoms with E-state index in [1.165, 1.54) is 0 Å². The van der Waals surface area contributed by atoms with Crippen molar-refractivity contribution in [1.29, 1.82) is 0 Å². The lowest BCUT2D eigenvalue weighted by Gasteiger charge is -2.33. The van der Waals surface area contributed by atoms with E-state index in [2.05, 4.69) is 15.3 Å². The summed E-state index contributed by atoms with van der Waals surface area (Å²) in [5.74, 6) is 2.29. The monoisotopic (exact) mass is 293 g/mol. The Morgan fingerprint density at radius 1 is 1.33 bits per heavy atom. The molecule has 7 nitrogen and oxygen atoms in total. The molecule has 0 radical (unpaired) electrons. The molecule has 0 atom stereocenters. The van der Waals surface area contributed by atoms with Gasteiger partial charge in [0.05, 0.1) is 6.54 Å². The molecule has 1 amide bonds. The third-order valence-electron chi connectivity index (χ3n) is 3.33. The van der Waals surface area contributed by atoms with Gasteiger partial charge in [-0.25, -0.2) is 9.97 Å². The van der Waals surface area contributed by atoms with Gasteiger partial charge < -0.3 is 19.9 Å². The summed E-state index contributed by atoms with van der Waals surface area (Å²) in [6.07, 6.45) is 0. The van der Waals surface area contributed by atoms with E-state index in [-0.39, 0.29) is 5.91 Å². The Kier molecular flexibility index (Phi) is 5.32. The number of carbonyl (C=O) groups excluding carboxylic acids is 1. The second kappa shape index (κ2) is 7.21. The summed E-state index contributed by atoms with van der Waals surface area (Å²) < 4.78 is 5.39. The summed E-state index contributed by atoms with van der Waals surface area (Å²) >= 11 is 0. The standard InChI is InChI=1S/C14H23N5O2/c1-4-15-11-8-13(17-12(16-11)10-21-5-2)19-7-6-18(3)14(20)9-19/h8H,4-7,9-10H2,1-3H3,(H,15,16,17). The lowest BCUT2D eigenvalue weighted by atomic mass is 10.3. The van der Waals surface area contributed by atoms with Crippen molar-refractivity contribution in [3.63, 3.8) is 0 Å². The third-order valence-corrected chi connectivity index (χ3v) is 3.33. The lowest BCUT2D eigenvalue weighted by molar-refractivity contribution is -0.129. The van der Waals surface area contributed by atoms with E-state index in [1.807, 2.05) is 31.9 Å². The predicted octanol–water partition coefficient (Wildman–Crippen LogP) is 0.723. The summed E-state index contributed by atoms with van der Waals surface area (Å²) in [5.41, 5.74) is 0. The first-order valence-electron chi connectivity index (χ1n) is 7.32. The average Bonchev–Trinajstić information content (AvgIpc) is 2.48. The van der Waals surface area contributed by atoms with E-state index in [9.17, 15) is 4.79 Å². The van der Waals surface area contributed by atoms with Crippen molar-refractivity contribution in [2.24, 2.45) is 0 Å². The number of ether oxygens (including phenoxy) is 1. The molecule has 1 aliphatic heterocycles. The molecule has 1 aromatic rings. The highest BCUT2D eigenvalue weighted by molar-refractivity contribution is 5.82. The summed E-state index contributed by atoms with van der Waals surface area (Å²) in [7, 11) is 1.82. The number of rotatable bonds is 6. The van der Waals surface area contributed by atoms with Crippen LogP contribution in [0, 0.1) is 0 Å². The third kappa shape index (κ3) is 4.04. The zero-order chi connectivity index (χ0) is 15.2. The molecular formula is C14H23N5O2. The van der Waals surface area contributed by atoms with Gasteiger partial charge in [-0.1, -0.05) is 0 Å². The second-order valence-corrected chi connectivity index (χ2v) is 4.93. The molecule has 2 rings (SSSR count). The number of aromatic nitrogens is 2. The first kappa shape index (κ1) is 15.5. The zero-order valence-corrected chi connectivity index (χ0v) is 12.9. The fourth-order valence-corrected chi connectivity index (χ4v) is 2.13. The Bertz CT molecular complexity index is 494. The highest BCUT2D eigenvalue weighted by atomic mass is 16.5. The smallest absolute Gasteiger partial charge is 0.241 e. The Labute approximate surface area is 125 Å². The van der Waals surface area contributed by atoms with Crippen LogP contribution in [-0.2, 0) is 16.1 Å². The van der Waals surface area contributed by atoms with Crippen LogP contribution in [0.4, 0.5) is 11.6 Å². The number of hydrogen-bond donors (Lipinski definition) is 1. The molecule has 1 N–H and O–H groups in total. The van der Waals surface area contributed by atoms with Gasteiger partial charge in [0.25, 0.3) is 0 Å². The van der Waals surface area contributed by atoms with Gasteiger partial charge in [-0.3, -0.25) is 4.79 Å². The van der Waals surface area contributed by atoms with E-state index in [1.54, 1.807) is 4.90 Å². The molecule has 0 saturated carbocycles. The molecule has 1 saturated heterocycles. The van der Waals surface area contributed by atoms with Gasteiger partial charge in [0.2, 0.25) is 5.91 Å². The number of amides is 1. The predicted molar refractivity (Wildman–Crippen MR) is 81.4 cm³/mol. The normalized spacial score (nSPS) is 15.5. The fourth-order valence-electron chi connectivity index (χ4n) is 2.13. The summed E-state index contributed by atoms with van der Waals surface area (Å²) in [6.45, 7) is 7.58. The van der Waals surface area contributed by atoms with E-state index in [0.717, 1.165) is 24.7 Å². The molecule has 21 heavy (non-hydrogen) atoms. The van der Waals surface area contributed by atoms with E-state index >= 15 is 0 Å². The molecular weight excluding hydrogens is 270 g/mol. The first-order valence-corrected chi connectivity index (χ1v) is 7.32. The first-order chi connectivity index (χ1) is 10.1. The maximum Gasteiger partial charge on any atom is 0.241 e. The maximum absolute atomic E-state index is 11.8. The van der Waals surface area contributed by atoms with Crippen LogP contribution in [0.1, 0.15) is 19.7 Å². The van der Waals surface area contributed by atoms with Crippen LogP contribution >= 0.6 is 0 Å². The highest BCUT2D eigenvalue weighted by Crippen LogP contribution is 2.18. The van der Waals surface area contributed by atoms with Crippen molar-refractivity contribution in [2.45, 2.75) is 20.5 Å². The summed E-state index contributed by atoms with van der Waals surface area (Å²) in [4.78, 5) is 24.5. The number of piperazine rings is 1. The second-order valence-electron chi connectivity index (χ2n) is 4.93. The number of carbonyl (C=O) groups is 1. The Morgan fingerprint density at radius 2 is 2.14 bits per heavy atom. The van der Waals surface area contributed by atoms with E-state index < -0.39 is 0 Å². The van der Waals surface area contributed by atoms with Crippen molar-refractivity contribution >= 4 is 17.5 Å². The minimum absolute atomic E-state index is 0.108. The van der Waals surface area contributed by atoms with Crippen LogP contribution in [0.25, 0.3) is 0 Å². The Hall–Kier alpha value is -1.89. The van der Waals surface area contributed by atoms with Crippen LogP contribution < -0.4 is 10.2 Å². The van der Waals surface area contributed by atoms with Gasteiger partial charge in [0.1, 0.15) is 18.2 Å². The molecule has 1 aliphatic rings. The Morgan fingerprint density at radius 3 is 2.81 bits per heavy atom. The molecule has 0 bridgehead atoms. The van der Waals surface area contributed by atoms with Gasteiger partial charge in [-0.2, -0.15) is 0 Å². The summed E-state index contributed by atoms with van der Waals surface area (Å²) in [5, 5.41) is 3.20. The number of nitrogens with zero attached hydrogens (tertiary/aromatic N) is 4. The molecule has 2 heterocycles. The Balaban J connectivity index is 2.20. The molecule has 1 aromatic heterocycles. The van der Waals surface area contributed by atoms with Crippen molar-refractivity contribution < 1.29 is 9.53 Å². The number of nitrogens with one attached hydrogen (secondary N) is 1. The van der Waals surface area contributed by atoms with Crippen molar-refractivity contribution in [1.82, 2.24) is 14.9 Å². The zero-order valence-electron chi connectivity index (χ0n) is 12.9. The molecule has 116 valence electrons. The highest BCUT2D eigenvalue weighted by Gasteiger charge is 2.22. The minimum atomic E-state index is 0.108. The summed E-state index contributed by atoms with van der Waals surface area (Å²) in [6, 6.07) is 1.89. The fraction of sp³-hybridized carbons (Fsp3) is 0.643. The van der Waals surface area contributed by atoms with Gasteiger partial charge >= 0.3 is 0 Å². The van der Waals surface area contributed by atoms with Gasteiger partial charge in [0.15, 0.2) is 5.82 Å². The molecule has 0 unspecified atom stereocenters. The SMILES string of the molecule is CCNc1cc(N2CCN(C)C(=O)C2)nc(COCC)n1. The van der Waals surface area contributed by atoms with E-state index in [4.69, 9.17) is 4.74 Å². The van der Waals surface area contributed by atoms with Crippen LogP contribution in [-0.4, -0.2) is 60.6 Å². The number of likely N-dealkylation sites (N-methyl/N-ethyl adjacent to an activating group) is 1. The molecule has 1 fully saturated rings. The van der Waals surface area contributed by atoms with Crippen molar-refractivity contribution in [2.75, 3.05) is 50.1 Å². The van der Waals surface area contributed by atoms with Gasteiger partial charge in [0, 0.05) is 39.4 Å². The van der Waals surface area contributed by atoms with E-state index in [0.29, 0.717) is 32.1 Å². The van der Waals surface area contributed by atoms with Crippen LogP contribution in [0.2, 0.25) is 0 Å². The maximum atomic E-state index is 11.8. The topological polar surface area (TPSA) is 70.6 Å². The number of hydrogen-bond acceptors (Lipinski definition) is 6.